The van der Waals surface area contributed by atoms with Crippen LogP contribution in [0.4, 0.5) is 0 Å². The van der Waals surface area contributed by atoms with Gasteiger partial charge in [-0.05, 0) is 29.5 Å². The Hall–Kier alpha value is -3.59. The fraction of sp³-hybridized carbons (Fsp3) is 0.115. The van der Waals surface area contributed by atoms with Crippen LogP contribution in [-0.2, 0) is 4.79 Å². The number of carbonyl (C=O) groups excluding carboxylic acids is 1. The fourth-order valence-electron chi connectivity index (χ4n) is 3.43. The monoisotopic (exact) mass is 381 g/mol. The van der Waals surface area contributed by atoms with Crippen molar-refractivity contribution in [3.63, 3.8) is 0 Å². The van der Waals surface area contributed by atoms with Gasteiger partial charge in [-0.3, -0.25) is 4.79 Å². The summed E-state index contributed by atoms with van der Waals surface area (Å²) in [4.78, 5) is 12.7. The van der Waals surface area contributed by atoms with Gasteiger partial charge in [0.15, 0.2) is 6.61 Å². The molecule has 1 N–H and O–H groups in total. The molecule has 3 nitrogen and oxygen atoms in total. The van der Waals surface area contributed by atoms with Crippen LogP contribution in [0.15, 0.2) is 97.1 Å². The van der Waals surface area contributed by atoms with Gasteiger partial charge in [0.05, 0.1) is 6.04 Å². The van der Waals surface area contributed by atoms with Gasteiger partial charge in [0.1, 0.15) is 5.75 Å². The number of nitrogens with one attached hydrogen (secondary N) is 1. The zero-order valence-electron chi connectivity index (χ0n) is 16.3. The Kier molecular flexibility index (Phi) is 5.57. The van der Waals surface area contributed by atoms with Crippen molar-refractivity contribution in [2.45, 2.75) is 13.0 Å². The van der Waals surface area contributed by atoms with Crippen LogP contribution in [0.5, 0.6) is 5.75 Å². The molecule has 0 unspecified atom stereocenters. The van der Waals surface area contributed by atoms with E-state index in [-0.39, 0.29) is 18.6 Å². The van der Waals surface area contributed by atoms with Crippen LogP contribution < -0.4 is 10.1 Å². The third kappa shape index (κ3) is 4.46. The third-order valence-electron chi connectivity index (χ3n) is 4.96. The SMILES string of the molecule is Cc1ccc([C@@H](NC(=O)COc2cccc3ccccc23)c2ccccc2)cc1. The Morgan fingerprint density at radius 2 is 1.45 bits per heavy atom. The number of hydrogen-bond donors (Lipinski definition) is 1. The topological polar surface area (TPSA) is 38.3 Å². The van der Waals surface area contributed by atoms with E-state index in [0.717, 1.165) is 21.9 Å². The normalized spacial score (nSPS) is 11.8. The molecule has 0 aliphatic carbocycles. The fourth-order valence-corrected chi connectivity index (χ4v) is 3.43. The average molecular weight is 381 g/mol. The summed E-state index contributed by atoms with van der Waals surface area (Å²) in [6.45, 7) is 2.01. The smallest absolute Gasteiger partial charge is 0.258 e. The van der Waals surface area contributed by atoms with Crippen molar-refractivity contribution in [3.05, 3.63) is 114 Å². The van der Waals surface area contributed by atoms with E-state index in [0.29, 0.717) is 5.75 Å². The van der Waals surface area contributed by atoms with E-state index in [1.165, 1.54) is 5.56 Å². The molecule has 1 amide bonds. The second-order valence-corrected chi connectivity index (χ2v) is 7.09. The van der Waals surface area contributed by atoms with Crippen LogP contribution in [0, 0.1) is 6.92 Å². The van der Waals surface area contributed by atoms with Crippen molar-refractivity contribution in [2.75, 3.05) is 6.61 Å². The summed E-state index contributed by atoms with van der Waals surface area (Å²) in [7, 11) is 0. The zero-order chi connectivity index (χ0) is 20.1. The minimum absolute atomic E-state index is 0.0385. The number of rotatable bonds is 6. The lowest BCUT2D eigenvalue weighted by molar-refractivity contribution is -0.123. The van der Waals surface area contributed by atoms with Gasteiger partial charge in [0, 0.05) is 5.39 Å². The molecule has 4 aromatic carbocycles. The number of benzene rings is 4. The highest BCUT2D eigenvalue weighted by atomic mass is 16.5. The standard InChI is InChI=1S/C26H23NO2/c1-19-14-16-22(17-15-19)26(21-9-3-2-4-10-21)27-25(28)18-29-24-13-7-11-20-8-5-6-12-23(20)24/h2-17,26H,18H2,1H3,(H,27,28)/t26-/m0/s1. The van der Waals surface area contributed by atoms with Crippen LogP contribution in [0.3, 0.4) is 0 Å². The maximum absolute atomic E-state index is 12.7. The van der Waals surface area contributed by atoms with Crippen LogP contribution in [-0.4, -0.2) is 12.5 Å². The first-order valence-electron chi connectivity index (χ1n) is 9.72. The minimum Gasteiger partial charge on any atom is -0.483 e. The van der Waals surface area contributed by atoms with Crippen LogP contribution in [0.25, 0.3) is 10.8 Å². The number of carbonyl (C=O) groups is 1. The van der Waals surface area contributed by atoms with Crippen molar-refractivity contribution >= 4 is 16.7 Å². The zero-order valence-corrected chi connectivity index (χ0v) is 16.3. The molecule has 0 saturated heterocycles. The van der Waals surface area contributed by atoms with Gasteiger partial charge in [0.2, 0.25) is 0 Å². The molecule has 4 aromatic rings. The summed E-state index contributed by atoms with van der Waals surface area (Å²) in [5.41, 5.74) is 3.27. The highest BCUT2D eigenvalue weighted by Gasteiger charge is 2.17. The molecule has 0 aromatic heterocycles. The summed E-state index contributed by atoms with van der Waals surface area (Å²) in [6.07, 6.45) is 0. The lowest BCUT2D eigenvalue weighted by Crippen LogP contribution is -2.33. The highest BCUT2D eigenvalue weighted by molar-refractivity contribution is 5.88. The number of amides is 1. The molecule has 0 fully saturated rings. The van der Waals surface area contributed by atoms with E-state index < -0.39 is 0 Å². The Labute approximate surface area is 171 Å². The first kappa shape index (κ1) is 18.8. The molecule has 0 aliphatic rings. The van der Waals surface area contributed by atoms with Crippen LogP contribution in [0.1, 0.15) is 22.7 Å². The van der Waals surface area contributed by atoms with Crippen molar-refractivity contribution in [3.8, 4) is 5.75 Å². The summed E-state index contributed by atoms with van der Waals surface area (Å²) in [6, 6.07) is 31.9. The quantitative estimate of drug-likeness (QED) is 0.483. The van der Waals surface area contributed by atoms with E-state index in [1.54, 1.807) is 0 Å². The minimum atomic E-state index is -0.222. The van der Waals surface area contributed by atoms with Gasteiger partial charge in [-0.1, -0.05) is 96.6 Å². The molecule has 4 rings (SSSR count). The van der Waals surface area contributed by atoms with Crippen LogP contribution >= 0.6 is 0 Å². The molecule has 0 aliphatic heterocycles. The number of aryl methyl sites for hydroxylation is 1. The van der Waals surface area contributed by atoms with E-state index in [4.69, 9.17) is 4.74 Å². The van der Waals surface area contributed by atoms with Crippen LogP contribution in [0.2, 0.25) is 0 Å². The van der Waals surface area contributed by atoms with Gasteiger partial charge in [0.25, 0.3) is 5.91 Å². The van der Waals surface area contributed by atoms with Crippen molar-refractivity contribution in [1.82, 2.24) is 5.32 Å². The third-order valence-corrected chi connectivity index (χ3v) is 4.96. The molecule has 0 saturated carbocycles. The average Bonchev–Trinajstić information content (AvgIpc) is 2.77. The number of ether oxygens (including phenoxy) is 1. The first-order valence-corrected chi connectivity index (χ1v) is 9.72. The van der Waals surface area contributed by atoms with Gasteiger partial charge >= 0.3 is 0 Å². The van der Waals surface area contributed by atoms with Crippen molar-refractivity contribution in [1.29, 1.82) is 0 Å². The second kappa shape index (κ2) is 8.61. The highest BCUT2D eigenvalue weighted by Crippen LogP contribution is 2.25. The Bertz CT molecular complexity index is 1100. The maximum atomic E-state index is 12.7. The lowest BCUT2D eigenvalue weighted by atomic mass is 9.98. The predicted molar refractivity (Wildman–Crippen MR) is 117 cm³/mol. The number of fused-ring (bicyclic) bond motifs is 1. The molecule has 0 bridgehead atoms. The van der Waals surface area contributed by atoms with Gasteiger partial charge in [-0.2, -0.15) is 0 Å². The van der Waals surface area contributed by atoms with Crippen molar-refractivity contribution < 1.29 is 9.53 Å². The predicted octanol–water partition coefficient (Wildman–Crippen LogP) is 5.43. The maximum Gasteiger partial charge on any atom is 0.258 e. The molecular weight excluding hydrogens is 358 g/mol. The summed E-state index contributed by atoms with van der Waals surface area (Å²) >= 11 is 0. The van der Waals surface area contributed by atoms with Gasteiger partial charge in [-0.25, -0.2) is 0 Å². The number of hydrogen-bond acceptors (Lipinski definition) is 2. The molecule has 0 heterocycles. The Balaban J connectivity index is 1.51. The molecule has 1 atom stereocenters. The van der Waals surface area contributed by atoms with E-state index in [2.05, 4.69) is 36.5 Å². The summed E-state index contributed by atoms with van der Waals surface area (Å²) < 4.78 is 5.86. The Morgan fingerprint density at radius 1 is 0.793 bits per heavy atom. The first-order chi connectivity index (χ1) is 14.2. The van der Waals surface area contributed by atoms with E-state index in [1.807, 2.05) is 72.8 Å². The lowest BCUT2D eigenvalue weighted by Gasteiger charge is -2.20. The summed E-state index contributed by atoms with van der Waals surface area (Å²) in [5, 5.41) is 5.21. The van der Waals surface area contributed by atoms with E-state index >= 15 is 0 Å². The summed E-state index contributed by atoms with van der Waals surface area (Å²) in [5.74, 6) is 0.553. The Morgan fingerprint density at radius 3 is 2.24 bits per heavy atom. The molecule has 29 heavy (non-hydrogen) atoms. The molecule has 0 radical (unpaired) electrons. The molecule has 3 heteroatoms. The second-order valence-electron chi connectivity index (χ2n) is 7.09. The molecular formula is C26H23NO2. The van der Waals surface area contributed by atoms with E-state index in [9.17, 15) is 4.79 Å². The van der Waals surface area contributed by atoms with Crippen molar-refractivity contribution in [2.24, 2.45) is 0 Å². The van der Waals surface area contributed by atoms with Gasteiger partial charge < -0.3 is 10.1 Å². The van der Waals surface area contributed by atoms with Gasteiger partial charge in [-0.15, -0.1) is 0 Å². The largest absolute Gasteiger partial charge is 0.483 e. The molecule has 0 spiro atoms. The molecule has 144 valence electrons.